The van der Waals surface area contributed by atoms with Crippen LogP contribution in [0.25, 0.3) is 0 Å². The van der Waals surface area contributed by atoms with Crippen LogP contribution in [0.2, 0.25) is 0 Å². The zero-order chi connectivity index (χ0) is 14.5. The van der Waals surface area contributed by atoms with Crippen LogP contribution in [-0.4, -0.2) is 25.7 Å². The molecule has 2 rings (SSSR count). The molecule has 0 aromatic heterocycles. The van der Waals surface area contributed by atoms with Gasteiger partial charge in [0.2, 0.25) is 0 Å². The highest BCUT2D eigenvalue weighted by atomic mass is 79.9. The van der Waals surface area contributed by atoms with Crippen molar-refractivity contribution in [2.45, 2.75) is 32.7 Å². The molecule has 0 spiro atoms. The summed E-state index contributed by atoms with van der Waals surface area (Å²) in [6.45, 7) is 7.79. The Kier molecular flexibility index (Phi) is 5.45. The quantitative estimate of drug-likeness (QED) is 0.914. The number of nitrogens with zero attached hydrogens (tertiary/aromatic N) is 2. The molecule has 20 heavy (non-hydrogen) atoms. The average molecular weight is 336 g/mol. The molecule has 4 heteroatoms. The molecule has 1 atom stereocenters. The fourth-order valence-corrected chi connectivity index (χ4v) is 3.20. The minimum Gasteiger partial charge on any atom is -0.369 e. The van der Waals surface area contributed by atoms with Crippen LogP contribution in [0.3, 0.4) is 0 Å². The molecule has 1 aliphatic rings. The maximum Gasteiger partial charge on any atom is 0.100 e. The summed E-state index contributed by atoms with van der Waals surface area (Å²) in [5, 5.41) is 12.5. The first-order valence-electron chi connectivity index (χ1n) is 7.29. The Bertz CT molecular complexity index is 487. The fourth-order valence-electron chi connectivity index (χ4n) is 2.75. The van der Waals surface area contributed by atoms with Gasteiger partial charge in [-0.2, -0.15) is 5.26 Å². The van der Waals surface area contributed by atoms with E-state index >= 15 is 0 Å². The highest BCUT2D eigenvalue weighted by molar-refractivity contribution is 9.10. The standard InChI is InChI=1S/C16H22BrN3/c1-12(2)20(11-13-4-3-7-19-10-13)15-6-5-14(9-18)16(17)8-15/h5-6,8,12-13,19H,3-4,7,10-11H2,1-2H3. The first-order valence-corrected chi connectivity index (χ1v) is 8.08. The van der Waals surface area contributed by atoms with Gasteiger partial charge in [-0.15, -0.1) is 0 Å². The zero-order valence-corrected chi connectivity index (χ0v) is 13.8. The number of rotatable bonds is 4. The van der Waals surface area contributed by atoms with Crippen molar-refractivity contribution in [2.24, 2.45) is 5.92 Å². The van der Waals surface area contributed by atoms with E-state index in [2.05, 4.69) is 58.2 Å². The molecule has 0 aliphatic carbocycles. The van der Waals surface area contributed by atoms with E-state index in [1.54, 1.807) is 0 Å². The normalized spacial score (nSPS) is 18.9. The van der Waals surface area contributed by atoms with Gasteiger partial charge in [0.25, 0.3) is 0 Å². The van der Waals surface area contributed by atoms with E-state index < -0.39 is 0 Å². The minimum absolute atomic E-state index is 0.455. The molecule has 1 N–H and O–H groups in total. The molecule has 0 radical (unpaired) electrons. The molecule has 1 aliphatic heterocycles. The van der Waals surface area contributed by atoms with Gasteiger partial charge in [0.15, 0.2) is 0 Å². The number of nitriles is 1. The number of halogens is 1. The van der Waals surface area contributed by atoms with Crippen LogP contribution >= 0.6 is 15.9 Å². The molecule has 1 saturated heterocycles. The SMILES string of the molecule is CC(C)N(CC1CCCNC1)c1ccc(C#N)c(Br)c1. The molecule has 1 heterocycles. The lowest BCUT2D eigenvalue weighted by Crippen LogP contribution is -2.41. The lowest BCUT2D eigenvalue weighted by Gasteiger charge is -2.34. The highest BCUT2D eigenvalue weighted by Gasteiger charge is 2.19. The van der Waals surface area contributed by atoms with Crippen LogP contribution in [0.1, 0.15) is 32.3 Å². The minimum atomic E-state index is 0.455. The van der Waals surface area contributed by atoms with Gasteiger partial charge in [-0.25, -0.2) is 0 Å². The van der Waals surface area contributed by atoms with Gasteiger partial charge in [0, 0.05) is 22.7 Å². The number of hydrogen-bond acceptors (Lipinski definition) is 3. The maximum atomic E-state index is 9.02. The first-order chi connectivity index (χ1) is 9.61. The van der Waals surface area contributed by atoms with Crippen molar-refractivity contribution in [2.75, 3.05) is 24.5 Å². The molecule has 1 aromatic carbocycles. The van der Waals surface area contributed by atoms with E-state index in [9.17, 15) is 0 Å². The Morgan fingerprint density at radius 3 is 2.85 bits per heavy atom. The summed E-state index contributed by atoms with van der Waals surface area (Å²) < 4.78 is 0.880. The van der Waals surface area contributed by atoms with Crippen LogP contribution < -0.4 is 10.2 Å². The number of benzene rings is 1. The van der Waals surface area contributed by atoms with E-state index in [0.29, 0.717) is 17.5 Å². The summed E-state index contributed by atoms with van der Waals surface area (Å²) in [7, 11) is 0. The Hall–Kier alpha value is -1.05. The van der Waals surface area contributed by atoms with Crippen molar-refractivity contribution in [3.05, 3.63) is 28.2 Å². The lowest BCUT2D eigenvalue weighted by atomic mass is 9.98. The molecular weight excluding hydrogens is 314 g/mol. The second kappa shape index (κ2) is 7.10. The van der Waals surface area contributed by atoms with Crippen molar-refractivity contribution in [3.63, 3.8) is 0 Å². The largest absolute Gasteiger partial charge is 0.369 e. The third-order valence-electron chi connectivity index (χ3n) is 3.88. The number of nitrogens with one attached hydrogen (secondary N) is 1. The summed E-state index contributed by atoms with van der Waals surface area (Å²) in [6, 6.07) is 8.67. The predicted octanol–water partition coefficient (Wildman–Crippen LogP) is 3.54. The Morgan fingerprint density at radius 1 is 1.50 bits per heavy atom. The smallest absolute Gasteiger partial charge is 0.100 e. The van der Waals surface area contributed by atoms with E-state index in [4.69, 9.17) is 5.26 Å². The van der Waals surface area contributed by atoms with Gasteiger partial charge < -0.3 is 10.2 Å². The summed E-state index contributed by atoms with van der Waals surface area (Å²) in [4.78, 5) is 2.43. The van der Waals surface area contributed by atoms with Crippen molar-refractivity contribution in [3.8, 4) is 6.07 Å². The lowest BCUT2D eigenvalue weighted by molar-refractivity contribution is 0.371. The van der Waals surface area contributed by atoms with Gasteiger partial charge in [0.1, 0.15) is 6.07 Å². The van der Waals surface area contributed by atoms with Crippen molar-refractivity contribution >= 4 is 21.6 Å². The van der Waals surface area contributed by atoms with Crippen molar-refractivity contribution in [1.29, 1.82) is 5.26 Å². The summed E-state index contributed by atoms with van der Waals surface area (Å²) in [5.74, 6) is 0.709. The summed E-state index contributed by atoms with van der Waals surface area (Å²) >= 11 is 3.49. The van der Waals surface area contributed by atoms with E-state index in [1.807, 2.05) is 6.07 Å². The van der Waals surface area contributed by atoms with Gasteiger partial charge in [-0.3, -0.25) is 0 Å². The molecular formula is C16H22BrN3. The third kappa shape index (κ3) is 3.74. The van der Waals surface area contributed by atoms with Crippen molar-refractivity contribution in [1.82, 2.24) is 5.32 Å². The Balaban J connectivity index is 2.15. The van der Waals surface area contributed by atoms with Gasteiger partial charge >= 0.3 is 0 Å². The molecule has 1 aromatic rings. The molecule has 0 bridgehead atoms. The van der Waals surface area contributed by atoms with Crippen molar-refractivity contribution < 1.29 is 0 Å². The molecule has 1 fully saturated rings. The van der Waals surface area contributed by atoms with Gasteiger partial charge in [0.05, 0.1) is 5.56 Å². The monoisotopic (exact) mass is 335 g/mol. The summed E-state index contributed by atoms with van der Waals surface area (Å²) in [6.07, 6.45) is 2.57. The molecule has 1 unspecified atom stereocenters. The highest BCUT2D eigenvalue weighted by Crippen LogP contribution is 2.26. The predicted molar refractivity (Wildman–Crippen MR) is 86.9 cm³/mol. The van der Waals surface area contributed by atoms with Crippen LogP contribution in [0, 0.1) is 17.2 Å². The first kappa shape index (κ1) is 15.3. The van der Waals surface area contributed by atoms with E-state index in [0.717, 1.165) is 24.1 Å². The second-order valence-corrected chi connectivity index (χ2v) is 6.59. The second-order valence-electron chi connectivity index (χ2n) is 5.73. The molecule has 3 nitrogen and oxygen atoms in total. The van der Waals surface area contributed by atoms with Crippen LogP contribution in [-0.2, 0) is 0 Å². The Morgan fingerprint density at radius 2 is 2.30 bits per heavy atom. The molecule has 0 amide bonds. The van der Waals surface area contributed by atoms with Gasteiger partial charge in [-0.1, -0.05) is 0 Å². The number of anilines is 1. The average Bonchev–Trinajstić information content (AvgIpc) is 2.45. The van der Waals surface area contributed by atoms with E-state index in [-0.39, 0.29) is 0 Å². The number of hydrogen-bond donors (Lipinski definition) is 1. The van der Waals surface area contributed by atoms with Crippen LogP contribution in [0.4, 0.5) is 5.69 Å². The summed E-state index contributed by atoms with van der Waals surface area (Å²) in [5.41, 5.74) is 1.88. The topological polar surface area (TPSA) is 39.1 Å². The molecule has 0 saturated carbocycles. The van der Waals surface area contributed by atoms with Crippen LogP contribution in [0.5, 0.6) is 0 Å². The molecule has 108 valence electrons. The number of piperidine rings is 1. The third-order valence-corrected chi connectivity index (χ3v) is 4.54. The van der Waals surface area contributed by atoms with Gasteiger partial charge in [-0.05, 0) is 79.8 Å². The fraction of sp³-hybridized carbons (Fsp3) is 0.562. The maximum absolute atomic E-state index is 9.02. The Labute approximate surface area is 130 Å². The van der Waals surface area contributed by atoms with E-state index in [1.165, 1.54) is 18.5 Å². The zero-order valence-electron chi connectivity index (χ0n) is 12.2. The van der Waals surface area contributed by atoms with Crippen LogP contribution in [0.15, 0.2) is 22.7 Å².